The molecule has 2 rings (SSSR count). The summed E-state index contributed by atoms with van der Waals surface area (Å²) in [6, 6.07) is 4.01. The summed E-state index contributed by atoms with van der Waals surface area (Å²) in [4.78, 5) is 41.4. The van der Waals surface area contributed by atoms with Crippen LogP contribution in [0.4, 0.5) is 10.5 Å². The van der Waals surface area contributed by atoms with Gasteiger partial charge in [-0.25, -0.2) is 4.79 Å². The van der Waals surface area contributed by atoms with Crippen LogP contribution < -0.4 is 16.0 Å². The molecule has 2 amide bonds. The Labute approximate surface area is 183 Å². The van der Waals surface area contributed by atoms with Crippen molar-refractivity contribution in [2.75, 3.05) is 11.4 Å². The second-order valence-corrected chi connectivity index (χ2v) is 9.05. The molecule has 0 saturated heterocycles. The summed E-state index contributed by atoms with van der Waals surface area (Å²) in [5.41, 5.74) is 4.51. The van der Waals surface area contributed by atoms with Crippen molar-refractivity contribution in [2.45, 2.75) is 77.5 Å². The molecule has 0 bridgehead atoms. The molecule has 166 valence electrons. The molecular weight excluding hydrogens is 406 g/mol. The molecular formula is C22H32ClN3O4. The van der Waals surface area contributed by atoms with Crippen LogP contribution in [0.5, 0.6) is 0 Å². The Morgan fingerprint density at radius 2 is 1.97 bits per heavy atom. The number of benzene rings is 1. The zero-order valence-electron chi connectivity index (χ0n) is 18.4. The van der Waals surface area contributed by atoms with E-state index in [1.807, 2.05) is 6.92 Å². The van der Waals surface area contributed by atoms with Crippen molar-refractivity contribution in [1.29, 1.82) is 0 Å². The maximum atomic E-state index is 13.5. The number of hydrogen-bond acceptors (Lipinski definition) is 5. The summed E-state index contributed by atoms with van der Waals surface area (Å²) in [6.07, 6.45) is 1.18. The van der Waals surface area contributed by atoms with Gasteiger partial charge >= 0.3 is 6.09 Å². The Morgan fingerprint density at radius 1 is 1.30 bits per heavy atom. The minimum Gasteiger partial charge on any atom is -0.443 e. The molecule has 0 aliphatic carbocycles. The van der Waals surface area contributed by atoms with Gasteiger partial charge in [0.1, 0.15) is 5.60 Å². The maximum Gasteiger partial charge on any atom is 0.416 e. The summed E-state index contributed by atoms with van der Waals surface area (Å²) < 4.78 is 5.58. The van der Waals surface area contributed by atoms with Crippen LogP contribution >= 0.6 is 11.6 Å². The molecule has 2 atom stereocenters. The number of Topliss-reactive ketones (excluding diaryl/α,β-unsaturated/α-hetero) is 1. The Bertz CT molecular complexity index is 821. The first kappa shape index (κ1) is 24.2. The van der Waals surface area contributed by atoms with Crippen LogP contribution in [0.1, 0.15) is 59.4 Å². The first-order valence-corrected chi connectivity index (χ1v) is 10.8. The van der Waals surface area contributed by atoms with Crippen molar-refractivity contribution >= 4 is 35.1 Å². The Morgan fingerprint density at radius 3 is 2.53 bits per heavy atom. The fourth-order valence-electron chi connectivity index (χ4n) is 3.54. The highest BCUT2D eigenvalue weighted by Gasteiger charge is 2.59. The fourth-order valence-corrected chi connectivity index (χ4v) is 3.74. The van der Waals surface area contributed by atoms with Gasteiger partial charge in [-0.1, -0.05) is 31.9 Å². The van der Waals surface area contributed by atoms with Crippen LogP contribution in [0.25, 0.3) is 0 Å². The number of amides is 2. The average Bonchev–Trinajstić information content (AvgIpc) is 3.00. The van der Waals surface area contributed by atoms with Crippen molar-refractivity contribution < 1.29 is 19.1 Å². The van der Waals surface area contributed by atoms with Crippen LogP contribution in [0.3, 0.4) is 0 Å². The molecule has 0 saturated carbocycles. The van der Waals surface area contributed by atoms with Gasteiger partial charge < -0.3 is 15.8 Å². The molecule has 0 unspecified atom stereocenters. The van der Waals surface area contributed by atoms with Crippen LogP contribution in [0, 0.1) is 0 Å². The summed E-state index contributed by atoms with van der Waals surface area (Å²) in [5.74, 6) is -1.07. The van der Waals surface area contributed by atoms with Gasteiger partial charge in [0.05, 0.1) is 11.7 Å². The number of nitrogens with zero attached hydrogens (tertiary/aromatic N) is 1. The highest BCUT2D eigenvalue weighted by molar-refractivity contribution is 6.31. The average molecular weight is 438 g/mol. The SMILES string of the molecule is CCCCNC(=O)[C@@]1(C(=O)[C@@H](N)CC)Cc2cc(Cl)ccc2N1C(=O)OC(C)(C)C. The van der Waals surface area contributed by atoms with Crippen LogP contribution in [0.15, 0.2) is 18.2 Å². The molecule has 8 heteroatoms. The first-order chi connectivity index (χ1) is 14.0. The standard InChI is InChI=1S/C22H32ClN3O4/c1-6-8-11-25-19(28)22(18(27)16(24)7-2)13-14-12-15(23)9-10-17(14)26(22)20(29)30-21(3,4)5/h9-10,12,16H,6-8,11,13,24H2,1-5H3,(H,25,28)/t16-,22-/m0/s1. The van der Waals surface area contributed by atoms with E-state index >= 15 is 0 Å². The molecule has 1 heterocycles. The largest absolute Gasteiger partial charge is 0.443 e. The first-order valence-electron chi connectivity index (χ1n) is 10.4. The van der Waals surface area contributed by atoms with Gasteiger partial charge in [-0.3, -0.25) is 14.5 Å². The fraction of sp³-hybridized carbons (Fsp3) is 0.591. The molecule has 1 aliphatic heterocycles. The minimum absolute atomic E-state index is 0.00731. The van der Waals surface area contributed by atoms with Gasteiger partial charge in [0.2, 0.25) is 0 Å². The van der Waals surface area contributed by atoms with Gasteiger partial charge in [0.15, 0.2) is 11.3 Å². The maximum absolute atomic E-state index is 13.5. The quantitative estimate of drug-likeness (QED) is 0.501. The number of carbonyl (C=O) groups is 3. The van der Waals surface area contributed by atoms with Crippen molar-refractivity contribution in [2.24, 2.45) is 5.73 Å². The number of ketones is 1. The van der Waals surface area contributed by atoms with Crippen LogP contribution in [-0.2, 0) is 20.7 Å². The number of fused-ring (bicyclic) bond motifs is 1. The third kappa shape index (κ3) is 4.78. The van der Waals surface area contributed by atoms with E-state index in [9.17, 15) is 14.4 Å². The lowest BCUT2D eigenvalue weighted by atomic mass is 9.83. The predicted octanol–water partition coefficient (Wildman–Crippen LogP) is 3.60. The van der Waals surface area contributed by atoms with Crippen LogP contribution in [-0.4, -0.2) is 41.5 Å². The highest BCUT2D eigenvalue weighted by Crippen LogP contribution is 2.42. The van der Waals surface area contributed by atoms with E-state index in [1.54, 1.807) is 45.9 Å². The molecule has 1 aromatic rings. The minimum atomic E-state index is -1.82. The normalized spacial score (nSPS) is 19.2. The number of unbranched alkanes of at least 4 members (excludes halogenated alkanes) is 1. The zero-order valence-corrected chi connectivity index (χ0v) is 19.1. The van der Waals surface area contributed by atoms with Gasteiger partial charge in [0.25, 0.3) is 5.91 Å². The van der Waals surface area contributed by atoms with Gasteiger partial charge in [-0.05, 0) is 57.4 Å². The number of hydrogen-bond donors (Lipinski definition) is 2. The number of ether oxygens (including phenoxy) is 1. The smallest absolute Gasteiger partial charge is 0.416 e. The van der Waals surface area contributed by atoms with E-state index in [0.717, 1.165) is 12.8 Å². The van der Waals surface area contributed by atoms with E-state index in [-0.39, 0.29) is 6.42 Å². The van der Waals surface area contributed by atoms with Crippen molar-refractivity contribution in [3.05, 3.63) is 28.8 Å². The predicted molar refractivity (Wildman–Crippen MR) is 118 cm³/mol. The third-order valence-electron chi connectivity index (χ3n) is 5.06. The molecule has 1 aliphatic rings. The Hall–Kier alpha value is -2.12. The number of anilines is 1. The van der Waals surface area contributed by atoms with E-state index in [1.165, 1.54) is 4.90 Å². The van der Waals surface area contributed by atoms with E-state index < -0.39 is 35.0 Å². The lowest BCUT2D eigenvalue weighted by Crippen LogP contribution is -2.68. The molecule has 30 heavy (non-hydrogen) atoms. The Kier molecular flexibility index (Phi) is 7.53. The summed E-state index contributed by atoms with van der Waals surface area (Å²) in [7, 11) is 0. The van der Waals surface area contributed by atoms with Crippen molar-refractivity contribution in [1.82, 2.24) is 5.32 Å². The molecule has 3 N–H and O–H groups in total. The van der Waals surface area contributed by atoms with Gasteiger partial charge in [-0.2, -0.15) is 0 Å². The lowest BCUT2D eigenvalue weighted by molar-refractivity contribution is -0.136. The number of carbonyl (C=O) groups excluding carboxylic acids is 3. The molecule has 0 fully saturated rings. The summed E-state index contributed by atoms with van der Waals surface area (Å²) >= 11 is 6.16. The Balaban J connectivity index is 2.64. The van der Waals surface area contributed by atoms with E-state index in [2.05, 4.69) is 5.32 Å². The number of halogens is 1. The molecule has 0 spiro atoms. The van der Waals surface area contributed by atoms with Gasteiger partial charge in [0, 0.05) is 18.0 Å². The summed E-state index contributed by atoms with van der Waals surface area (Å²) in [6.45, 7) is 9.35. The molecule has 1 aromatic carbocycles. The van der Waals surface area contributed by atoms with Crippen molar-refractivity contribution in [3.63, 3.8) is 0 Å². The van der Waals surface area contributed by atoms with Crippen molar-refractivity contribution in [3.8, 4) is 0 Å². The molecule has 0 aromatic heterocycles. The van der Waals surface area contributed by atoms with Crippen LogP contribution in [0.2, 0.25) is 5.02 Å². The van der Waals surface area contributed by atoms with E-state index in [0.29, 0.717) is 29.2 Å². The number of rotatable bonds is 7. The molecule has 7 nitrogen and oxygen atoms in total. The van der Waals surface area contributed by atoms with Gasteiger partial charge in [-0.15, -0.1) is 0 Å². The molecule has 0 radical (unpaired) electrons. The number of nitrogens with two attached hydrogens (primary N) is 1. The zero-order chi connectivity index (χ0) is 22.7. The monoisotopic (exact) mass is 437 g/mol. The lowest BCUT2D eigenvalue weighted by Gasteiger charge is -2.38. The second-order valence-electron chi connectivity index (χ2n) is 8.61. The number of nitrogens with one attached hydrogen (secondary N) is 1. The summed E-state index contributed by atoms with van der Waals surface area (Å²) in [5, 5.41) is 3.28. The van der Waals surface area contributed by atoms with E-state index in [4.69, 9.17) is 22.1 Å². The second kappa shape index (κ2) is 9.35. The topological polar surface area (TPSA) is 102 Å². The third-order valence-corrected chi connectivity index (χ3v) is 5.30. The highest BCUT2D eigenvalue weighted by atomic mass is 35.5.